The third kappa shape index (κ3) is 3.74. The van der Waals surface area contributed by atoms with Crippen molar-refractivity contribution in [3.05, 3.63) is 29.7 Å². The van der Waals surface area contributed by atoms with Crippen molar-refractivity contribution in [1.82, 2.24) is 19.7 Å². The minimum Gasteiger partial charge on any atom is -0.366 e. The quantitative estimate of drug-likeness (QED) is 0.733. The van der Waals surface area contributed by atoms with Gasteiger partial charge in [-0.25, -0.2) is 4.98 Å². The molecule has 0 saturated carbocycles. The van der Waals surface area contributed by atoms with Crippen molar-refractivity contribution in [2.24, 2.45) is 7.05 Å². The van der Waals surface area contributed by atoms with Crippen molar-refractivity contribution in [2.45, 2.75) is 31.2 Å². The van der Waals surface area contributed by atoms with Gasteiger partial charge in [0.15, 0.2) is 0 Å². The van der Waals surface area contributed by atoms with E-state index >= 15 is 0 Å². The van der Waals surface area contributed by atoms with Crippen LogP contribution in [-0.4, -0.2) is 60.9 Å². The lowest BCUT2D eigenvalue weighted by atomic mass is 10.2. The molecular formula is C17H28N6O2S. The fraction of sp³-hybridized carbons (Fsp3) is 0.529. The normalized spacial score (nSPS) is 19.9. The van der Waals surface area contributed by atoms with Crippen molar-refractivity contribution in [2.75, 3.05) is 36.4 Å². The Morgan fingerprint density at radius 3 is 2.54 bits per heavy atom. The second-order valence-corrected chi connectivity index (χ2v) is 10.6. The predicted octanol–water partition coefficient (Wildman–Crippen LogP) is 1.86. The average molecular weight is 381 g/mol. The highest BCUT2D eigenvalue weighted by Crippen LogP contribution is 2.33. The van der Waals surface area contributed by atoms with Gasteiger partial charge >= 0.3 is 0 Å². The minimum absolute atomic E-state index is 0.249. The molecule has 1 aliphatic heterocycles. The topological polar surface area (TPSA) is 95.3 Å². The molecule has 1 fully saturated rings. The summed E-state index contributed by atoms with van der Waals surface area (Å²) < 4.78 is 28.7. The minimum atomic E-state index is -4.30. The van der Waals surface area contributed by atoms with Crippen LogP contribution >= 0.6 is 0 Å². The molecule has 3 heterocycles. The van der Waals surface area contributed by atoms with Crippen molar-refractivity contribution in [3.63, 3.8) is 0 Å². The number of pyridine rings is 1. The van der Waals surface area contributed by atoms with Gasteiger partial charge in [-0.3, -0.25) is 14.0 Å². The van der Waals surface area contributed by atoms with E-state index in [2.05, 4.69) is 32.1 Å². The Bertz CT molecular complexity index is 870. The third-order valence-corrected chi connectivity index (χ3v) is 6.92. The number of aromatic nitrogens is 3. The summed E-state index contributed by atoms with van der Waals surface area (Å²) in [6, 6.07) is 3.76. The SMILES string of the molecule is Cc1nn(C)c(C)c1NS(C)(=O)(O)c1ccc(NC2CCN(C)C2)nc1. The highest BCUT2D eigenvalue weighted by molar-refractivity contribution is 8.15. The smallest absolute Gasteiger partial charge is 0.126 e. The third-order valence-electron chi connectivity index (χ3n) is 4.89. The van der Waals surface area contributed by atoms with E-state index < -0.39 is 9.53 Å². The number of likely N-dealkylation sites (N-methyl/N-ethyl adjacent to an activating group) is 1. The van der Waals surface area contributed by atoms with E-state index in [-0.39, 0.29) is 4.90 Å². The molecule has 1 atom stereocenters. The molecule has 0 spiro atoms. The van der Waals surface area contributed by atoms with Crippen molar-refractivity contribution < 1.29 is 8.76 Å². The van der Waals surface area contributed by atoms with Gasteiger partial charge in [0.05, 0.1) is 28.2 Å². The molecule has 0 radical (unpaired) electrons. The van der Waals surface area contributed by atoms with Crippen LogP contribution in [0.5, 0.6) is 0 Å². The summed E-state index contributed by atoms with van der Waals surface area (Å²) in [6.45, 7) is 5.69. The molecule has 1 saturated heterocycles. The zero-order chi connectivity index (χ0) is 19.1. The van der Waals surface area contributed by atoms with Gasteiger partial charge in [-0.05, 0) is 46.0 Å². The molecule has 1 aliphatic rings. The standard InChI is InChI=1S/C17H28N6O2S/c1-12-17(13(2)23(4)20-12)21-26(5,24,25)15-6-7-16(18-10-15)19-14-8-9-22(3)11-14/h6-7,10,14H,8-9,11H2,1-5H3,(H,18,19)(H2,21,24,25). The van der Waals surface area contributed by atoms with Gasteiger partial charge in [0.25, 0.3) is 0 Å². The molecule has 144 valence electrons. The number of rotatable bonds is 5. The molecule has 0 bridgehead atoms. The van der Waals surface area contributed by atoms with Crippen LogP contribution in [0.15, 0.2) is 23.2 Å². The van der Waals surface area contributed by atoms with Crippen molar-refractivity contribution >= 4 is 21.0 Å². The van der Waals surface area contributed by atoms with Crippen LogP contribution < -0.4 is 10.0 Å². The Labute approximate surface area is 154 Å². The molecule has 0 aliphatic carbocycles. The highest BCUT2D eigenvalue weighted by Gasteiger charge is 2.27. The number of hydrogen-bond donors (Lipinski definition) is 3. The summed E-state index contributed by atoms with van der Waals surface area (Å²) in [7, 11) is -0.404. The maximum absolute atomic E-state index is 13.3. The first-order valence-electron chi connectivity index (χ1n) is 8.63. The Hall–Kier alpha value is -1.97. The van der Waals surface area contributed by atoms with Crippen molar-refractivity contribution in [3.8, 4) is 0 Å². The van der Waals surface area contributed by atoms with Gasteiger partial charge in [-0.15, -0.1) is 9.53 Å². The number of anilines is 2. The van der Waals surface area contributed by atoms with Crippen LogP contribution in [0.4, 0.5) is 11.5 Å². The number of likely N-dealkylation sites (tertiary alicyclic amines) is 1. The fourth-order valence-corrected chi connectivity index (χ4v) is 4.82. The maximum Gasteiger partial charge on any atom is 0.126 e. The van der Waals surface area contributed by atoms with E-state index in [0.29, 0.717) is 23.2 Å². The Kier molecular flexibility index (Phi) is 4.58. The summed E-state index contributed by atoms with van der Waals surface area (Å²) >= 11 is 0. The van der Waals surface area contributed by atoms with Crippen LogP contribution in [0.2, 0.25) is 0 Å². The largest absolute Gasteiger partial charge is 0.366 e. The van der Waals surface area contributed by atoms with Gasteiger partial charge in [0, 0.05) is 25.9 Å². The zero-order valence-electron chi connectivity index (χ0n) is 16.0. The molecule has 1 unspecified atom stereocenters. The lowest BCUT2D eigenvalue weighted by Crippen LogP contribution is -2.39. The number of hydrogen-bond acceptors (Lipinski definition) is 5. The maximum atomic E-state index is 13.3. The van der Waals surface area contributed by atoms with E-state index in [1.165, 1.54) is 12.5 Å². The summed E-state index contributed by atoms with van der Waals surface area (Å²) in [5.74, 6) is 0.714. The van der Waals surface area contributed by atoms with Gasteiger partial charge in [-0.2, -0.15) is 9.31 Å². The lowest BCUT2D eigenvalue weighted by Gasteiger charge is -2.40. The van der Waals surface area contributed by atoms with Gasteiger partial charge in [-0.1, -0.05) is 0 Å². The fourth-order valence-electron chi connectivity index (χ4n) is 3.23. The van der Waals surface area contributed by atoms with Crippen LogP contribution in [0, 0.1) is 13.8 Å². The number of nitrogens with one attached hydrogen (secondary N) is 2. The highest BCUT2D eigenvalue weighted by atomic mass is 32.3. The van der Waals surface area contributed by atoms with E-state index in [4.69, 9.17) is 0 Å². The van der Waals surface area contributed by atoms with Crippen LogP contribution in [0.3, 0.4) is 0 Å². The summed E-state index contributed by atoms with van der Waals surface area (Å²) in [5, 5.41) is 7.66. The zero-order valence-corrected chi connectivity index (χ0v) is 16.8. The van der Waals surface area contributed by atoms with Crippen LogP contribution in [-0.2, 0) is 16.6 Å². The van der Waals surface area contributed by atoms with Crippen molar-refractivity contribution in [1.29, 1.82) is 0 Å². The van der Waals surface area contributed by atoms with E-state index in [1.807, 2.05) is 13.8 Å². The summed E-state index contributed by atoms with van der Waals surface area (Å²) in [5.41, 5.74) is 2.05. The Morgan fingerprint density at radius 2 is 2.04 bits per heavy atom. The molecule has 0 aromatic carbocycles. The molecule has 0 amide bonds. The number of aryl methyl sites for hydroxylation is 2. The van der Waals surface area contributed by atoms with E-state index in [0.717, 1.165) is 25.2 Å². The van der Waals surface area contributed by atoms with Gasteiger partial charge in [0.1, 0.15) is 5.82 Å². The Morgan fingerprint density at radius 1 is 1.31 bits per heavy atom. The molecular weight excluding hydrogens is 352 g/mol. The number of nitrogens with zero attached hydrogens (tertiary/aromatic N) is 4. The predicted molar refractivity (Wildman–Crippen MR) is 105 cm³/mol. The first kappa shape index (κ1) is 18.8. The molecule has 3 N–H and O–H groups in total. The summed E-state index contributed by atoms with van der Waals surface area (Å²) in [6.07, 6.45) is 3.83. The average Bonchev–Trinajstić information content (AvgIpc) is 3.05. The van der Waals surface area contributed by atoms with Crippen LogP contribution in [0.1, 0.15) is 17.8 Å². The second-order valence-electron chi connectivity index (χ2n) is 7.33. The lowest BCUT2D eigenvalue weighted by molar-refractivity contribution is 0.414. The molecule has 26 heavy (non-hydrogen) atoms. The van der Waals surface area contributed by atoms with Gasteiger partial charge in [0.2, 0.25) is 0 Å². The molecule has 2 aromatic heterocycles. The molecule has 2 aromatic rings. The van der Waals surface area contributed by atoms with Gasteiger partial charge < -0.3 is 10.2 Å². The second kappa shape index (κ2) is 6.33. The molecule has 3 rings (SSSR count). The molecule has 8 nitrogen and oxygen atoms in total. The monoisotopic (exact) mass is 380 g/mol. The van der Waals surface area contributed by atoms with E-state index in [9.17, 15) is 8.76 Å². The first-order valence-corrected chi connectivity index (χ1v) is 11.0. The summed E-state index contributed by atoms with van der Waals surface area (Å²) in [4.78, 5) is 6.86. The first-order chi connectivity index (χ1) is 12.0. The Balaban J connectivity index is 1.80. The molecule has 9 heteroatoms. The van der Waals surface area contributed by atoms with E-state index in [1.54, 1.807) is 23.9 Å². The van der Waals surface area contributed by atoms with Crippen LogP contribution in [0.25, 0.3) is 0 Å².